The van der Waals surface area contributed by atoms with Crippen LogP contribution in [0.5, 0.6) is 0 Å². The summed E-state index contributed by atoms with van der Waals surface area (Å²) in [5.41, 5.74) is 0.662. The zero-order valence-corrected chi connectivity index (χ0v) is 9.59. The molecular weight excluding hydrogens is 212 g/mol. The molecule has 0 saturated heterocycles. The lowest BCUT2D eigenvalue weighted by atomic mass is 10.1. The highest BCUT2D eigenvalue weighted by Crippen LogP contribution is 2.08. The summed E-state index contributed by atoms with van der Waals surface area (Å²) >= 11 is 0. The highest BCUT2D eigenvalue weighted by molar-refractivity contribution is 5.18. The van der Waals surface area contributed by atoms with E-state index in [0.29, 0.717) is 25.1 Å². The molecule has 0 spiro atoms. The van der Waals surface area contributed by atoms with E-state index >= 15 is 0 Å². The van der Waals surface area contributed by atoms with Gasteiger partial charge in [-0.25, -0.2) is 8.78 Å². The van der Waals surface area contributed by atoms with Gasteiger partial charge in [0.1, 0.15) is 11.6 Å². The molecule has 1 rings (SSSR count). The van der Waals surface area contributed by atoms with Crippen molar-refractivity contribution in [2.45, 2.75) is 19.4 Å². The Morgan fingerprint density at radius 3 is 2.44 bits per heavy atom. The zero-order chi connectivity index (χ0) is 12.0. The Bertz CT molecular complexity index is 311. The molecule has 0 aliphatic heterocycles. The van der Waals surface area contributed by atoms with Crippen molar-refractivity contribution in [3.05, 3.63) is 35.4 Å². The Hall–Kier alpha value is -1.00. The van der Waals surface area contributed by atoms with Gasteiger partial charge in [0, 0.05) is 19.2 Å². The van der Waals surface area contributed by atoms with Crippen molar-refractivity contribution >= 4 is 0 Å². The molecule has 16 heavy (non-hydrogen) atoms. The van der Waals surface area contributed by atoms with Crippen LogP contribution in [0.4, 0.5) is 8.78 Å². The molecule has 0 heterocycles. The monoisotopic (exact) mass is 229 g/mol. The van der Waals surface area contributed by atoms with Crippen molar-refractivity contribution in [3.63, 3.8) is 0 Å². The minimum absolute atomic E-state index is 0.239. The van der Waals surface area contributed by atoms with E-state index in [2.05, 4.69) is 5.32 Å². The van der Waals surface area contributed by atoms with Gasteiger partial charge in [-0.05, 0) is 37.6 Å². The van der Waals surface area contributed by atoms with Crippen molar-refractivity contribution in [1.29, 1.82) is 0 Å². The van der Waals surface area contributed by atoms with E-state index in [-0.39, 0.29) is 6.04 Å². The Morgan fingerprint density at radius 2 is 1.88 bits per heavy atom. The van der Waals surface area contributed by atoms with Crippen molar-refractivity contribution in [1.82, 2.24) is 5.32 Å². The number of rotatable bonds is 6. The van der Waals surface area contributed by atoms with E-state index in [1.807, 2.05) is 6.92 Å². The van der Waals surface area contributed by atoms with Crippen LogP contribution in [0.2, 0.25) is 0 Å². The van der Waals surface area contributed by atoms with E-state index in [0.717, 1.165) is 6.07 Å². The summed E-state index contributed by atoms with van der Waals surface area (Å²) in [4.78, 5) is 0. The number of halogens is 2. The number of benzene rings is 1. The van der Waals surface area contributed by atoms with Crippen molar-refractivity contribution in [2.24, 2.45) is 0 Å². The minimum atomic E-state index is -0.528. The molecule has 1 N–H and O–H groups in total. The maximum atomic E-state index is 12.9. The number of methoxy groups -OCH3 is 1. The predicted molar refractivity (Wildman–Crippen MR) is 59.4 cm³/mol. The zero-order valence-electron chi connectivity index (χ0n) is 9.59. The number of nitrogens with one attached hydrogen (secondary N) is 1. The second kappa shape index (κ2) is 6.55. The molecule has 0 radical (unpaired) electrons. The van der Waals surface area contributed by atoms with Crippen LogP contribution in [0, 0.1) is 11.6 Å². The molecule has 0 aliphatic rings. The smallest absolute Gasteiger partial charge is 0.126 e. The third kappa shape index (κ3) is 4.68. The average molecular weight is 229 g/mol. The number of hydrogen-bond donors (Lipinski definition) is 1. The fourth-order valence-electron chi connectivity index (χ4n) is 1.53. The fourth-order valence-corrected chi connectivity index (χ4v) is 1.53. The van der Waals surface area contributed by atoms with Crippen LogP contribution in [-0.2, 0) is 11.2 Å². The van der Waals surface area contributed by atoms with E-state index in [1.165, 1.54) is 12.1 Å². The molecule has 4 heteroatoms. The molecule has 1 unspecified atom stereocenters. The topological polar surface area (TPSA) is 21.3 Å². The summed E-state index contributed by atoms with van der Waals surface area (Å²) in [5.74, 6) is -1.06. The molecule has 0 amide bonds. The SMILES string of the molecule is COCC(C)NCCc1cc(F)cc(F)c1. The van der Waals surface area contributed by atoms with Gasteiger partial charge in [0.05, 0.1) is 6.61 Å². The number of ether oxygens (including phenoxy) is 1. The second-order valence-corrected chi connectivity index (χ2v) is 3.84. The fraction of sp³-hybridized carbons (Fsp3) is 0.500. The highest BCUT2D eigenvalue weighted by Gasteiger charge is 2.02. The molecule has 90 valence electrons. The quantitative estimate of drug-likeness (QED) is 0.807. The maximum Gasteiger partial charge on any atom is 0.126 e. The summed E-state index contributed by atoms with van der Waals surface area (Å²) in [5, 5.41) is 3.20. The normalized spacial score (nSPS) is 12.8. The summed E-state index contributed by atoms with van der Waals surface area (Å²) in [6.07, 6.45) is 0.600. The number of hydrogen-bond acceptors (Lipinski definition) is 2. The lowest BCUT2D eigenvalue weighted by Crippen LogP contribution is -2.31. The molecule has 0 aliphatic carbocycles. The van der Waals surface area contributed by atoms with Crippen LogP contribution in [0.3, 0.4) is 0 Å². The molecule has 0 bridgehead atoms. The minimum Gasteiger partial charge on any atom is -0.383 e. The van der Waals surface area contributed by atoms with Crippen LogP contribution in [-0.4, -0.2) is 26.3 Å². The standard InChI is InChI=1S/C12H17F2NO/c1-9(8-16-2)15-4-3-10-5-11(13)7-12(14)6-10/h5-7,9,15H,3-4,8H2,1-2H3. The highest BCUT2D eigenvalue weighted by atomic mass is 19.1. The Morgan fingerprint density at radius 1 is 1.25 bits per heavy atom. The summed E-state index contributed by atoms with van der Waals surface area (Å²) in [6, 6.07) is 3.82. The summed E-state index contributed by atoms with van der Waals surface area (Å²) < 4.78 is 30.7. The van der Waals surface area contributed by atoms with Gasteiger partial charge in [0.2, 0.25) is 0 Å². The molecule has 1 aromatic carbocycles. The van der Waals surface area contributed by atoms with E-state index in [4.69, 9.17) is 4.74 Å². The van der Waals surface area contributed by atoms with Crippen LogP contribution in [0.25, 0.3) is 0 Å². The molecular formula is C12H17F2NO. The van der Waals surface area contributed by atoms with Crippen LogP contribution in [0.15, 0.2) is 18.2 Å². The Kier molecular flexibility index (Phi) is 5.35. The van der Waals surface area contributed by atoms with Gasteiger partial charge in [-0.15, -0.1) is 0 Å². The first-order valence-electron chi connectivity index (χ1n) is 5.29. The molecule has 1 aromatic rings. The van der Waals surface area contributed by atoms with Crippen molar-refractivity contribution in [3.8, 4) is 0 Å². The molecule has 0 aromatic heterocycles. The van der Waals surface area contributed by atoms with E-state index < -0.39 is 11.6 Å². The predicted octanol–water partition coefficient (Wildman–Crippen LogP) is 2.13. The van der Waals surface area contributed by atoms with Crippen LogP contribution in [0.1, 0.15) is 12.5 Å². The Balaban J connectivity index is 2.37. The van der Waals surface area contributed by atoms with Gasteiger partial charge in [-0.3, -0.25) is 0 Å². The lowest BCUT2D eigenvalue weighted by molar-refractivity contribution is 0.172. The van der Waals surface area contributed by atoms with E-state index in [1.54, 1.807) is 7.11 Å². The van der Waals surface area contributed by atoms with Gasteiger partial charge >= 0.3 is 0 Å². The Labute approximate surface area is 94.6 Å². The summed E-state index contributed by atoms with van der Waals surface area (Å²) in [6.45, 7) is 3.29. The second-order valence-electron chi connectivity index (χ2n) is 3.84. The average Bonchev–Trinajstić information content (AvgIpc) is 2.16. The van der Waals surface area contributed by atoms with E-state index in [9.17, 15) is 8.78 Å². The van der Waals surface area contributed by atoms with Gasteiger partial charge in [0.15, 0.2) is 0 Å². The van der Waals surface area contributed by atoms with Crippen LogP contribution < -0.4 is 5.32 Å². The largest absolute Gasteiger partial charge is 0.383 e. The van der Waals surface area contributed by atoms with Gasteiger partial charge < -0.3 is 10.1 Å². The first kappa shape index (κ1) is 13.1. The van der Waals surface area contributed by atoms with Gasteiger partial charge in [-0.1, -0.05) is 0 Å². The van der Waals surface area contributed by atoms with Crippen molar-refractivity contribution < 1.29 is 13.5 Å². The lowest BCUT2D eigenvalue weighted by Gasteiger charge is -2.12. The summed E-state index contributed by atoms with van der Waals surface area (Å²) in [7, 11) is 1.64. The molecule has 0 fully saturated rings. The third-order valence-electron chi connectivity index (χ3n) is 2.25. The molecule has 0 saturated carbocycles. The third-order valence-corrected chi connectivity index (χ3v) is 2.25. The maximum absolute atomic E-state index is 12.9. The first-order chi connectivity index (χ1) is 7.61. The van der Waals surface area contributed by atoms with Crippen molar-refractivity contribution in [2.75, 3.05) is 20.3 Å². The van der Waals surface area contributed by atoms with Crippen LogP contribution >= 0.6 is 0 Å². The van der Waals surface area contributed by atoms with Gasteiger partial charge in [0.25, 0.3) is 0 Å². The van der Waals surface area contributed by atoms with Gasteiger partial charge in [-0.2, -0.15) is 0 Å². The molecule has 1 atom stereocenters. The first-order valence-corrected chi connectivity index (χ1v) is 5.29. The molecule has 2 nitrogen and oxygen atoms in total.